The van der Waals surface area contributed by atoms with Gasteiger partial charge in [-0.15, -0.1) is 0 Å². The lowest BCUT2D eigenvalue weighted by Crippen LogP contribution is -2.01. The maximum Gasteiger partial charge on any atom is 0.169 e. The van der Waals surface area contributed by atoms with Crippen LogP contribution in [0, 0.1) is 0 Å². The number of aryl methyl sites for hydroxylation is 1. The van der Waals surface area contributed by atoms with Crippen LogP contribution in [-0.4, -0.2) is 0 Å². The van der Waals surface area contributed by atoms with E-state index in [-0.39, 0.29) is 0 Å². The molecular weight excluding hydrogens is 346 g/mol. The molecule has 0 aliphatic rings. The summed E-state index contributed by atoms with van der Waals surface area (Å²) in [6, 6.07) is 10.1. The Morgan fingerprint density at radius 2 is 2.00 bits per heavy atom. The highest BCUT2D eigenvalue weighted by molar-refractivity contribution is 9.10. The number of hydrogen-bond donors (Lipinski definition) is 1. The molecule has 0 spiro atoms. The zero-order valence-electron chi connectivity index (χ0n) is 9.47. The third-order valence-corrected chi connectivity index (χ3v) is 3.45. The molecule has 0 unspecified atom stereocenters. The zero-order valence-corrected chi connectivity index (χ0v) is 12.6. The molecule has 0 atom stereocenters. The van der Waals surface area contributed by atoms with Crippen molar-refractivity contribution in [3.05, 3.63) is 50.8 Å². The molecule has 1 aromatic heterocycles. The lowest BCUT2D eigenvalue weighted by molar-refractivity contribution is 0.495. The number of benzene rings is 1. The van der Waals surface area contributed by atoms with Crippen molar-refractivity contribution in [2.75, 3.05) is 5.32 Å². The Balaban J connectivity index is 2.08. The van der Waals surface area contributed by atoms with Gasteiger partial charge < -0.3 is 9.73 Å². The number of hydrogen-bond acceptors (Lipinski definition) is 2. The van der Waals surface area contributed by atoms with E-state index < -0.39 is 0 Å². The molecule has 2 nitrogen and oxygen atoms in total. The Bertz CT molecular complexity index is 508. The van der Waals surface area contributed by atoms with E-state index in [4.69, 9.17) is 4.42 Å². The SMILES string of the molecule is CCc1cc(Br)ccc1NCc1ccc(Br)o1. The molecule has 0 fully saturated rings. The largest absolute Gasteiger partial charge is 0.452 e. The molecule has 1 heterocycles. The van der Waals surface area contributed by atoms with E-state index >= 15 is 0 Å². The predicted octanol–water partition coefficient (Wildman–Crippen LogP) is 4.98. The molecule has 0 radical (unpaired) electrons. The quantitative estimate of drug-likeness (QED) is 0.833. The topological polar surface area (TPSA) is 25.2 Å². The Morgan fingerprint density at radius 1 is 1.18 bits per heavy atom. The molecule has 2 rings (SSSR count). The van der Waals surface area contributed by atoms with Gasteiger partial charge >= 0.3 is 0 Å². The highest BCUT2D eigenvalue weighted by Crippen LogP contribution is 2.23. The minimum Gasteiger partial charge on any atom is -0.452 e. The first-order valence-electron chi connectivity index (χ1n) is 5.45. The third kappa shape index (κ3) is 3.36. The smallest absolute Gasteiger partial charge is 0.169 e. The Morgan fingerprint density at radius 3 is 2.65 bits per heavy atom. The number of halogens is 2. The van der Waals surface area contributed by atoms with E-state index in [1.54, 1.807) is 0 Å². The van der Waals surface area contributed by atoms with Crippen LogP contribution in [0.1, 0.15) is 18.2 Å². The first-order valence-corrected chi connectivity index (χ1v) is 7.04. The Labute approximate surface area is 118 Å². The summed E-state index contributed by atoms with van der Waals surface area (Å²) < 4.78 is 7.32. The maximum atomic E-state index is 5.45. The summed E-state index contributed by atoms with van der Waals surface area (Å²) in [4.78, 5) is 0. The second-order valence-electron chi connectivity index (χ2n) is 3.71. The van der Waals surface area contributed by atoms with Crippen LogP contribution in [0.25, 0.3) is 0 Å². The van der Waals surface area contributed by atoms with E-state index in [9.17, 15) is 0 Å². The normalized spacial score (nSPS) is 10.5. The third-order valence-electron chi connectivity index (χ3n) is 2.53. The molecule has 0 aliphatic heterocycles. The molecule has 17 heavy (non-hydrogen) atoms. The van der Waals surface area contributed by atoms with Gasteiger partial charge in [0.25, 0.3) is 0 Å². The molecular formula is C13H13Br2NO. The molecule has 4 heteroatoms. The van der Waals surface area contributed by atoms with Gasteiger partial charge in [-0.1, -0.05) is 22.9 Å². The minimum absolute atomic E-state index is 0.695. The fourth-order valence-corrected chi connectivity index (χ4v) is 2.40. The van der Waals surface area contributed by atoms with Crippen molar-refractivity contribution in [1.29, 1.82) is 0 Å². The summed E-state index contributed by atoms with van der Waals surface area (Å²) in [5.41, 5.74) is 2.45. The minimum atomic E-state index is 0.695. The molecule has 0 aliphatic carbocycles. The van der Waals surface area contributed by atoms with Gasteiger partial charge in [0.2, 0.25) is 0 Å². The summed E-state index contributed by atoms with van der Waals surface area (Å²) in [5, 5.41) is 3.39. The highest BCUT2D eigenvalue weighted by Gasteiger charge is 2.03. The van der Waals surface area contributed by atoms with Crippen LogP contribution in [0.3, 0.4) is 0 Å². The van der Waals surface area contributed by atoms with E-state index in [1.807, 2.05) is 18.2 Å². The second-order valence-corrected chi connectivity index (χ2v) is 5.41. The number of nitrogens with one attached hydrogen (secondary N) is 1. The lowest BCUT2D eigenvalue weighted by atomic mass is 10.1. The van der Waals surface area contributed by atoms with Crippen LogP contribution in [0.2, 0.25) is 0 Å². The second kappa shape index (κ2) is 5.74. The monoisotopic (exact) mass is 357 g/mol. The van der Waals surface area contributed by atoms with Gasteiger partial charge in [0.05, 0.1) is 6.54 Å². The number of anilines is 1. The zero-order chi connectivity index (χ0) is 12.3. The van der Waals surface area contributed by atoms with Gasteiger partial charge in [0.1, 0.15) is 5.76 Å². The van der Waals surface area contributed by atoms with E-state index in [0.717, 1.165) is 27.0 Å². The van der Waals surface area contributed by atoms with E-state index in [0.29, 0.717) is 6.54 Å². The first kappa shape index (κ1) is 12.7. The van der Waals surface area contributed by atoms with Gasteiger partial charge in [0.15, 0.2) is 4.67 Å². The number of rotatable bonds is 4. The Kier molecular flexibility index (Phi) is 4.29. The van der Waals surface area contributed by atoms with Gasteiger partial charge in [-0.2, -0.15) is 0 Å². The fraction of sp³-hybridized carbons (Fsp3) is 0.231. The molecule has 0 saturated carbocycles. The van der Waals surface area contributed by atoms with Crippen LogP contribution in [0.4, 0.5) is 5.69 Å². The lowest BCUT2D eigenvalue weighted by Gasteiger charge is -2.10. The molecule has 0 amide bonds. The van der Waals surface area contributed by atoms with Crippen LogP contribution in [0.15, 0.2) is 43.9 Å². The van der Waals surface area contributed by atoms with Gasteiger partial charge in [-0.3, -0.25) is 0 Å². The predicted molar refractivity (Wildman–Crippen MR) is 77.3 cm³/mol. The van der Waals surface area contributed by atoms with Crippen LogP contribution in [0.5, 0.6) is 0 Å². The molecule has 0 bridgehead atoms. The van der Waals surface area contributed by atoms with Crippen molar-refractivity contribution < 1.29 is 4.42 Å². The van der Waals surface area contributed by atoms with Crippen molar-refractivity contribution in [1.82, 2.24) is 0 Å². The van der Waals surface area contributed by atoms with Crippen molar-refractivity contribution in [2.24, 2.45) is 0 Å². The van der Waals surface area contributed by atoms with Crippen molar-refractivity contribution in [3.63, 3.8) is 0 Å². The average molecular weight is 359 g/mol. The van der Waals surface area contributed by atoms with Crippen molar-refractivity contribution in [2.45, 2.75) is 19.9 Å². The van der Waals surface area contributed by atoms with Gasteiger partial charge in [-0.25, -0.2) is 0 Å². The van der Waals surface area contributed by atoms with Crippen molar-refractivity contribution >= 4 is 37.5 Å². The maximum absolute atomic E-state index is 5.45. The highest BCUT2D eigenvalue weighted by atomic mass is 79.9. The van der Waals surface area contributed by atoms with E-state index in [1.165, 1.54) is 5.56 Å². The summed E-state index contributed by atoms with van der Waals surface area (Å²) in [7, 11) is 0. The molecule has 2 aromatic rings. The fourth-order valence-electron chi connectivity index (χ4n) is 1.66. The van der Waals surface area contributed by atoms with Gasteiger partial charge in [0, 0.05) is 10.2 Å². The standard InChI is InChI=1S/C13H13Br2NO/c1-2-9-7-10(14)3-5-12(9)16-8-11-4-6-13(15)17-11/h3-7,16H,2,8H2,1H3. The molecule has 1 aromatic carbocycles. The van der Waals surface area contributed by atoms with Crippen molar-refractivity contribution in [3.8, 4) is 0 Å². The summed E-state index contributed by atoms with van der Waals surface area (Å²) in [5.74, 6) is 0.918. The molecule has 0 saturated heterocycles. The number of furan rings is 1. The summed E-state index contributed by atoms with van der Waals surface area (Å²) >= 11 is 6.78. The van der Waals surface area contributed by atoms with Crippen LogP contribution < -0.4 is 5.32 Å². The van der Waals surface area contributed by atoms with Crippen LogP contribution >= 0.6 is 31.9 Å². The summed E-state index contributed by atoms with van der Waals surface area (Å²) in [6.07, 6.45) is 1.00. The summed E-state index contributed by atoms with van der Waals surface area (Å²) in [6.45, 7) is 2.84. The molecule has 90 valence electrons. The Hall–Kier alpha value is -0.740. The molecule has 1 N–H and O–H groups in total. The van der Waals surface area contributed by atoms with Crippen LogP contribution in [-0.2, 0) is 13.0 Å². The first-order chi connectivity index (χ1) is 8.19. The average Bonchev–Trinajstić information content (AvgIpc) is 2.73. The van der Waals surface area contributed by atoms with Gasteiger partial charge in [-0.05, 0) is 58.2 Å². The van der Waals surface area contributed by atoms with E-state index in [2.05, 4.69) is 56.2 Å².